The van der Waals surface area contributed by atoms with Gasteiger partial charge < -0.3 is 26.2 Å². The van der Waals surface area contributed by atoms with Crippen LogP contribution >= 0.6 is 0 Å². The van der Waals surface area contributed by atoms with E-state index in [1.165, 1.54) is 11.0 Å². The van der Waals surface area contributed by atoms with Crippen LogP contribution in [0, 0.1) is 18.8 Å². The van der Waals surface area contributed by atoms with Gasteiger partial charge in [-0.2, -0.15) is 0 Å². The molecule has 5 rings (SSSR count). The van der Waals surface area contributed by atoms with Gasteiger partial charge in [-0.05, 0) is 75.4 Å². The van der Waals surface area contributed by atoms with Crippen molar-refractivity contribution < 1.29 is 34.8 Å². The maximum atomic E-state index is 13.9. The van der Waals surface area contributed by atoms with Crippen molar-refractivity contribution >= 4 is 23.2 Å². The standard InChI is InChI=1S/C30H32N2O7/c1-14-4-6-15(7-5-14)8-9-16-10-11-20(33)22-18(16)12-17-13-19-24(32(2)3)26(35)23(29(31)38)28(37)30(19,39)27(36)21(17)25(22)34/h4-7,10-11,17,19,24,33-34,37,39H,8-9,12-13H2,1-3H3,(H2,31,38)/t17-,19-,24-,30-/m0/s1. The van der Waals surface area contributed by atoms with Gasteiger partial charge in [-0.15, -0.1) is 0 Å². The van der Waals surface area contributed by atoms with Gasteiger partial charge in [0, 0.05) is 11.5 Å². The second kappa shape index (κ2) is 9.36. The Hall–Kier alpha value is -3.95. The molecule has 0 radical (unpaired) electrons. The lowest BCUT2D eigenvalue weighted by Crippen LogP contribution is -2.65. The number of rotatable bonds is 5. The molecule has 6 N–H and O–H groups in total. The third kappa shape index (κ3) is 3.95. The van der Waals surface area contributed by atoms with Crippen LogP contribution in [-0.2, 0) is 33.6 Å². The molecule has 3 aliphatic carbocycles. The van der Waals surface area contributed by atoms with Crippen molar-refractivity contribution in [1.82, 2.24) is 4.90 Å². The van der Waals surface area contributed by atoms with E-state index < -0.39 is 58.0 Å². The number of ketones is 2. The Balaban J connectivity index is 1.61. The lowest BCUT2D eigenvalue weighted by Gasteiger charge is -2.50. The second-order valence-corrected chi connectivity index (χ2v) is 11.0. The normalized spacial score (nSPS) is 26.4. The number of hydrogen-bond donors (Lipinski definition) is 5. The van der Waals surface area contributed by atoms with Crippen molar-refractivity contribution in [3.8, 4) is 5.75 Å². The van der Waals surface area contributed by atoms with Crippen molar-refractivity contribution in [2.75, 3.05) is 14.1 Å². The number of hydrogen-bond acceptors (Lipinski definition) is 8. The average Bonchev–Trinajstić information content (AvgIpc) is 2.86. The molecule has 0 aromatic heterocycles. The lowest BCUT2D eigenvalue weighted by atomic mass is 9.57. The van der Waals surface area contributed by atoms with Gasteiger partial charge in [-0.1, -0.05) is 35.9 Å². The molecule has 0 saturated heterocycles. The van der Waals surface area contributed by atoms with E-state index in [4.69, 9.17) is 5.73 Å². The van der Waals surface area contributed by atoms with Gasteiger partial charge >= 0.3 is 0 Å². The molecule has 0 spiro atoms. The van der Waals surface area contributed by atoms with Gasteiger partial charge in [0.2, 0.25) is 5.78 Å². The number of carbonyl (C=O) groups excluding carboxylic acids is 3. The summed E-state index contributed by atoms with van der Waals surface area (Å²) >= 11 is 0. The minimum absolute atomic E-state index is 0.0683. The highest BCUT2D eigenvalue weighted by Gasteiger charge is 2.64. The fourth-order valence-electron chi connectivity index (χ4n) is 6.58. The zero-order valence-electron chi connectivity index (χ0n) is 22.1. The number of amides is 1. The summed E-state index contributed by atoms with van der Waals surface area (Å²) in [7, 11) is 3.16. The highest BCUT2D eigenvalue weighted by Crippen LogP contribution is 2.53. The largest absolute Gasteiger partial charge is 0.508 e. The van der Waals surface area contributed by atoms with E-state index in [-0.39, 0.29) is 29.7 Å². The predicted molar refractivity (Wildman–Crippen MR) is 143 cm³/mol. The minimum Gasteiger partial charge on any atom is -0.508 e. The van der Waals surface area contributed by atoms with Crippen LogP contribution in [0.2, 0.25) is 0 Å². The number of phenolic OH excluding ortho intramolecular Hbond substituents is 1. The topological polar surface area (TPSA) is 161 Å². The smallest absolute Gasteiger partial charge is 0.255 e. The fraction of sp³-hybridized carbons (Fsp3) is 0.367. The van der Waals surface area contributed by atoms with Crippen LogP contribution in [0.15, 0.2) is 53.3 Å². The summed E-state index contributed by atoms with van der Waals surface area (Å²) in [6.07, 6.45) is 1.71. The van der Waals surface area contributed by atoms with Gasteiger partial charge in [0.05, 0.1) is 11.6 Å². The molecule has 2 aromatic rings. The number of likely N-dealkylation sites (N-methyl/N-ethyl adjacent to an activating group) is 1. The first-order valence-electron chi connectivity index (χ1n) is 12.9. The number of aryl methyl sites for hydroxylation is 3. The Morgan fingerprint density at radius 2 is 1.72 bits per heavy atom. The molecule has 3 aliphatic rings. The number of aliphatic hydroxyl groups excluding tert-OH is 2. The zero-order chi connectivity index (χ0) is 28.4. The number of nitrogens with zero attached hydrogens (tertiary/aromatic N) is 1. The number of aromatic hydroxyl groups is 1. The fourth-order valence-corrected chi connectivity index (χ4v) is 6.58. The zero-order valence-corrected chi connectivity index (χ0v) is 22.1. The SMILES string of the molecule is Cc1ccc(CCc2ccc(O)c3c2C[C@H]2C[C@H]4[C@H](N(C)C)C(=O)C(C(N)=O)=C(O)[C@@]4(O)C(=O)C2=C3O)cc1. The van der Waals surface area contributed by atoms with Crippen LogP contribution in [0.25, 0.3) is 5.76 Å². The van der Waals surface area contributed by atoms with Gasteiger partial charge in [0.1, 0.15) is 22.8 Å². The molecule has 0 unspecified atom stereocenters. The predicted octanol–water partition coefficient (Wildman–Crippen LogP) is 2.06. The van der Waals surface area contributed by atoms with Crippen LogP contribution < -0.4 is 5.73 Å². The first-order chi connectivity index (χ1) is 18.4. The van der Waals surface area contributed by atoms with E-state index in [9.17, 15) is 34.8 Å². The molecular weight excluding hydrogens is 500 g/mol. The molecule has 39 heavy (non-hydrogen) atoms. The van der Waals surface area contributed by atoms with E-state index in [1.807, 2.05) is 25.1 Å². The molecule has 2 aromatic carbocycles. The third-order valence-electron chi connectivity index (χ3n) is 8.50. The highest BCUT2D eigenvalue weighted by molar-refractivity contribution is 6.24. The molecule has 204 valence electrons. The maximum Gasteiger partial charge on any atom is 0.255 e. The van der Waals surface area contributed by atoms with Crippen molar-refractivity contribution in [3.63, 3.8) is 0 Å². The van der Waals surface area contributed by atoms with E-state index >= 15 is 0 Å². The molecule has 9 nitrogen and oxygen atoms in total. The molecule has 1 saturated carbocycles. The minimum atomic E-state index is -2.64. The highest BCUT2D eigenvalue weighted by atomic mass is 16.3. The number of fused-ring (bicyclic) bond motifs is 3. The van der Waals surface area contributed by atoms with Crippen molar-refractivity contribution in [1.29, 1.82) is 0 Å². The molecule has 0 bridgehead atoms. The number of carbonyl (C=O) groups is 3. The third-order valence-corrected chi connectivity index (χ3v) is 8.50. The molecule has 9 heteroatoms. The number of Topliss-reactive ketones (excluding diaryl/α,β-unsaturated/α-hetero) is 2. The Bertz CT molecular complexity index is 1470. The molecule has 1 amide bonds. The van der Waals surface area contributed by atoms with E-state index in [2.05, 4.69) is 12.1 Å². The quantitative estimate of drug-likeness (QED) is 0.366. The van der Waals surface area contributed by atoms with Crippen molar-refractivity contribution in [2.24, 2.45) is 17.6 Å². The summed E-state index contributed by atoms with van der Waals surface area (Å²) in [5.41, 5.74) is 5.78. The number of aliphatic hydroxyl groups is 3. The van der Waals surface area contributed by atoms with E-state index in [0.29, 0.717) is 12.0 Å². The Labute approximate surface area is 225 Å². The molecular formula is C30H32N2O7. The monoisotopic (exact) mass is 532 g/mol. The molecule has 0 heterocycles. The first-order valence-corrected chi connectivity index (χ1v) is 12.9. The Kier molecular flexibility index (Phi) is 6.39. The molecule has 4 atom stereocenters. The van der Waals surface area contributed by atoms with Gasteiger partial charge in [0.25, 0.3) is 5.91 Å². The van der Waals surface area contributed by atoms with Crippen LogP contribution in [0.5, 0.6) is 5.75 Å². The van der Waals surface area contributed by atoms with E-state index in [1.54, 1.807) is 14.1 Å². The summed E-state index contributed by atoms with van der Waals surface area (Å²) in [5, 5.41) is 44.7. The van der Waals surface area contributed by atoms with Crippen LogP contribution in [0.4, 0.5) is 0 Å². The Morgan fingerprint density at radius 3 is 2.33 bits per heavy atom. The van der Waals surface area contributed by atoms with Crippen LogP contribution in [0.1, 0.15) is 34.2 Å². The van der Waals surface area contributed by atoms with Crippen molar-refractivity contribution in [2.45, 2.75) is 44.2 Å². The summed E-state index contributed by atoms with van der Waals surface area (Å²) in [6, 6.07) is 10.4. The summed E-state index contributed by atoms with van der Waals surface area (Å²) in [5.74, 6) is -6.48. The number of phenols is 1. The Morgan fingerprint density at radius 1 is 1.05 bits per heavy atom. The molecule has 0 aliphatic heterocycles. The first kappa shape index (κ1) is 26.6. The average molecular weight is 533 g/mol. The number of primary amides is 1. The van der Waals surface area contributed by atoms with Gasteiger partial charge in [-0.25, -0.2) is 0 Å². The summed E-state index contributed by atoms with van der Waals surface area (Å²) in [4.78, 5) is 40.7. The lowest BCUT2D eigenvalue weighted by molar-refractivity contribution is -0.153. The summed E-state index contributed by atoms with van der Waals surface area (Å²) < 4.78 is 0. The van der Waals surface area contributed by atoms with E-state index in [0.717, 1.165) is 23.1 Å². The van der Waals surface area contributed by atoms with Crippen molar-refractivity contribution in [3.05, 3.63) is 81.1 Å². The van der Waals surface area contributed by atoms with Gasteiger partial charge in [0.15, 0.2) is 11.4 Å². The van der Waals surface area contributed by atoms with Crippen LogP contribution in [-0.4, -0.2) is 68.5 Å². The molecule has 1 fully saturated rings. The summed E-state index contributed by atoms with van der Waals surface area (Å²) in [6.45, 7) is 2.02. The van der Waals surface area contributed by atoms with Crippen LogP contribution in [0.3, 0.4) is 0 Å². The maximum absolute atomic E-state index is 13.9. The second-order valence-electron chi connectivity index (χ2n) is 11.0. The number of nitrogens with two attached hydrogens (primary N) is 1. The van der Waals surface area contributed by atoms with Gasteiger partial charge in [-0.3, -0.25) is 19.3 Å². The number of benzene rings is 2.